The van der Waals surface area contributed by atoms with Gasteiger partial charge >= 0.3 is 0 Å². The number of hydrogen-bond donors (Lipinski definition) is 1. The number of carbonyl (C=O) groups is 1. The highest BCUT2D eigenvalue weighted by atomic mass is 16.6. The number of nitro benzene ring substituents is 1. The lowest BCUT2D eigenvalue weighted by atomic mass is 10.1. The highest BCUT2D eigenvalue weighted by molar-refractivity contribution is 5.94. The lowest BCUT2D eigenvalue weighted by Crippen LogP contribution is -3.14. The van der Waals surface area contributed by atoms with Gasteiger partial charge in [0.2, 0.25) is 0 Å². The largest absolute Gasteiger partial charge is 0.329 e. The van der Waals surface area contributed by atoms with Crippen molar-refractivity contribution < 1.29 is 14.6 Å². The first-order valence-corrected chi connectivity index (χ1v) is 8.72. The lowest BCUT2D eigenvalue weighted by Gasteiger charge is -2.31. The third-order valence-electron chi connectivity index (χ3n) is 4.58. The molecule has 0 aliphatic carbocycles. The molecule has 1 amide bonds. The summed E-state index contributed by atoms with van der Waals surface area (Å²) in [7, 11) is 0. The minimum Gasteiger partial charge on any atom is -0.329 e. The predicted octanol–water partition coefficient (Wildman–Crippen LogP) is 1.65. The van der Waals surface area contributed by atoms with E-state index in [1.807, 2.05) is 18.2 Å². The summed E-state index contributed by atoms with van der Waals surface area (Å²) < 4.78 is 0. The highest BCUT2D eigenvalue weighted by Gasteiger charge is 2.24. The Labute approximate surface area is 152 Å². The molecule has 1 heterocycles. The van der Waals surface area contributed by atoms with Gasteiger partial charge in [-0.15, -0.1) is 0 Å². The Morgan fingerprint density at radius 3 is 2.54 bits per heavy atom. The quantitative estimate of drug-likeness (QED) is 0.657. The van der Waals surface area contributed by atoms with Crippen molar-refractivity contribution in [3.05, 3.63) is 81.9 Å². The molecule has 1 N–H and O–H groups in total. The first-order valence-electron chi connectivity index (χ1n) is 8.72. The molecule has 0 radical (unpaired) electrons. The van der Waals surface area contributed by atoms with E-state index in [4.69, 9.17) is 0 Å². The van der Waals surface area contributed by atoms with Gasteiger partial charge in [-0.2, -0.15) is 0 Å². The Morgan fingerprint density at radius 1 is 1.12 bits per heavy atom. The summed E-state index contributed by atoms with van der Waals surface area (Å²) in [6, 6.07) is 16.1. The molecule has 6 heteroatoms. The molecule has 26 heavy (non-hydrogen) atoms. The van der Waals surface area contributed by atoms with Gasteiger partial charge in [-0.25, -0.2) is 0 Å². The van der Waals surface area contributed by atoms with E-state index in [-0.39, 0.29) is 11.6 Å². The normalized spacial score (nSPS) is 15.3. The maximum Gasteiger partial charge on any atom is 0.270 e. The number of carbonyl (C=O) groups excluding carboxylic acids is 1. The number of hydrogen-bond acceptors (Lipinski definition) is 3. The second-order valence-electron chi connectivity index (χ2n) is 6.37. The monoisotopic (exact) mass is 352 g/mol. The molecule has 1 aliphatic rings. The number of non-ortho nitro benzene ring substituents is 1. The molecule has 2 aromatic rings. The van der Waals surface area contributed by atoms with Crippen LogP contribution in [0.2, 0.25) is 0 Å². The Hall–Kier alpha value is -2.99. The fourth-order valence-corrected chi connectivity index (χ4v) is 3.09. The molecule has 0 bridgehead atoms. The standard InChI is InChI=1S/C20H21N3O3/c24-20(18-9-4-10-19(16-18)23(25)26)22-14-12-21(13-15-22)11-5-8-17-6-2-1-3-7-17/h1-10,16H,11-15H2/p+1. The molecule has 0 saturated carbocycles. The van der Waals surface area contributed by atoms with Gasteiger partial charge in [0.15, 0.2) is 0 Å². The van der Waals surface area contributed by atoms with E-state index in [0.717, 1.165) is 19.6 Å². The Bertz CT molecular complexity index is 797. The summed E-state index contributed by atoms with van der Waals surface area (Å²) in [4.78, 5) is 26.2. The van der Waals surface area contributed by atoms with Crippen LogP contribution in [0.25, 0.3) is 6.08 Å². The van der Waals surface area contributed by atoms with Crippen LogP contribution < -0.4 is 4.90 Å². The van der Waals surface area contributed by atoms with Crippen LogP contribution >= 0.6 is 0 Å². The highest BCUT2D eigenvalue weighted by Crippen LogP contribution is 2.14. The van der Waals surface area contributed by atoms with Crippen LogP contribution in [0.5, 0.6) is 0 Å². The minimum absolute atomic E-state index is 0.0499. The predicted molar refractivity (Wildman–Crippen MR) is 100 cm³/mol. The van der Waals surface area contributed by atoms with E-state index in [0.29, 0.717) is 18.7 Å². The number of rotatable bonds is 5. The van der Waals surface area contributed by atoms with Crippen LogP contribution in [-0.2, 0) is 0 Å². The summed E-state index contributed by atoms with van der Waals surface area (Å²) in [6.07, 6.45) is 4.29. The van der Waals surface area contributed by atoms with Gasteiger partial charge in [0.1, 0.15) is 0 Å². The molecule has 0 spiro atoms. The van der Waals surface area contributed by atoms with Crippen molar-refractivity contribution in [2.75, 3.05) is 32.7 Å². The molecular formula is C20H22N3O3+. The molecule has 1 saturated heterocycles. The zero-order chi connectivity index (χ0) is 18.4. The van der Waals surface area contributed by atoms with Gasteiger partial charge < -0.3 is 9.80 Å². The fourth-order valence-electron chi connectivity index (χ4n) is 3.09. The van der Waals surface area contributed by atoms with Crippen LogP contribution in [-0.4, -0.2) is 48.5 Å². The summed E-state index contributed by atoms with van der Waals surface area (Å²) in [5.74, 6) is -0.132. The number of piperazine rings is 1. The molecule has 0 aromatic heterocycles. The first-order chi connectivity index (χ1) is 12.6. The Balaban J connectivity index is 1.52. The van der Waals surface area contributed by atoms with Gasteiger partial charge in [0, 0.05) is 17.7 Å². The molecule has 1 fully saturated rings. The van der Waals surface area contributed by atoms with E-state index >= 15 is 0 Å². The molecule has 134 valence electrons. The van der Waals surface area contributed by atoms with Crippen molar-refractivity contribution in [2.45, 2.75) is 0 Å². The summed E-state index contributed by atoms with van der Waals surface area (Å²) in [6.45, 7) is 4.00. The Kier molecular flexibility index (Phi) is 5.76. The van der Waals surface area contributed by atoms with Crippen molar-refractivity contribution in [3.8, 4) is 0 Å². The third-order valence-corrected chi connectivity index (χ3v) is 4.58. The van der Waals surface area contributed by atoms with E-state index in [1.165, 1.54) is 22.6 Å². The van der Waals surface area contributed by atoms with Crippen LogP contribution in [0, 0.1) is 10.1 Å². The number of nitrogens with zero attached hydrogens (tertiary/aromatic N) is 2. The molecule has 6 nitrogen and oxygen atoms in total. The molecule has 1 aliphatic heterocycles. The van der Waals surface area contributed by atoms with Crippen LogP contribution in [0.15, 0.2) is 60.7 Å². The zero-order valence-corrected chi connectivity index (χ0v) is 14.5. The van der Waals surface area contributed by atoms with Crippen molar-refractivity contribution in [1.29, 1.82) is 0 Å². The molecular weight excluding hydrogens is 330 g/mol. The number of benzene rings is 2. The van der Waals surface area contributed by atoms with Gasteiger partial charge in [-0.05, 0) is 17.7 Å². The van der Waals surface area contributed by atoms with Crippen LogP contribution in [0.4, 0.5) is 5.69 Å². The van der Waals surface area contributed by atoms with Crippen molar-refractivity contribution >= 4 is 17.7 Å². The fraction of sp³-hybridized carbons (Fsp3) is 0.250. The summed E-state index contributed by atoms with van der Waals surface area (Å²) in [5.41, 5.74) is 1.52. The van der Waals surface area contributed by atoms with Crippen LogP contribution in [0.1, 0.15) is 15.9 Å². The van der Waals surface area contributed by atoms with Gasteiger partial charge in [0.25, 0.3) is 11.6 Å². The third kappa shape index (κ3) is 4.55. The van der Waals surface area contributed by atoms with Crippen molar-refractivity contribution in [3.63, 3.8) is 0 Å². The Morgan fingerprint density at radius 2 is 1.85 bits per heavy atom. The summed E-state index contributed by atoms with van der Waals surface area (Å²) in [5, 5.41) is 10.9. The van der Waals surface area contributed by atoms with E-state index in [9.17, 15) is 14.9 Å². The number of quaternary nitrogens is 1. The summed E-state index contributed by atoms with van der Waals surface area (Å²) >= 11 is 0. The van der Waals surface area contributed by atoms with Crippen LogP contribution in [0.3, 0.4) is 0 Å². The average Bonchev–Trinajstić information content (AvgIpc) is 2.69. The van der Waals surface area contributed by atoms with E-state index < -0.39 is 4.92 Å². The van der Waals surface area contributed by atoms with E-state index in [2.05, 4.69) is 24.3 Å². The smallest absolute Gasteiger partial charge is 0.270 e. The van der Waals surface area contributed by atoms with Crippen molar-refractivity contribution in [2.24, 2.45) is 0 Å². The molecule has 0 atom stereocenters. The average molecular weight is 352 g/mol. The van der Waals surface area contributed by atoms with Gasteiger partial charge in [-0.1, -0.05) is 42.5 Å². The number of nitrogens with one attached hydrogen (secondary N) is 1. The minimum atomic E-state index is -0.474. The topological polar surface area (TPSA) is 67.9 Å². The maximum absolute atomic E-state index is 12.6. The maximum atomic E-state index is 12.6. The van der Waals surface area contributed by atoms with Crippen molar-refractivity contribution in [1.82, 2.24) is 4.90 Å². The second kappa shape index (κ2) is 8.40. The number of amides is 1. The van der Waals surface area contributed by atoms with Gasteiger partial charge in [-0.3, -0.25) is 14.9 Å². The molecule has 3 rings (SSSR count). The number of nitro groups is 1. The first kappa shape index (κ1) is 17.8. The molecule has 0 unspecified atom stereocenters. The SMILES string of the molecule is O=C(c1cccc([N+](=O)[O-])c1)N1CC[NH+](CC=Cc2ccccc2)CC1. The van der Waals surface area contributed by atoms with Gasteiger partial charge in [0.05, 0.1) is 37.6 Å². The lowest BCUT2D eigenvalue weighted by molar-refractivity contribution is -0.898. The zero-order valence-electron chi connectivity index (χ0n) is 14.5. The second-order valence-corrected chi connectivity index (χ2v) is 6.37. The molecule has 2 aromatic carbocycles. The van der Waals surface area contributed by atoms with E-state index in [1.54, 1.807) is 17.0 Å².